The molecule has 2 aromatic heterocycles. The SMILES string of the molecule is Cc1ccc(Nc2nc3cc(Oc4ccnc(C(=O)NCCO)c4)ccc3n2C)cc1C(F)(F)F. The van der Waals surface area contributed by atoms with Crippen LogP contribution in [0.5, 0.6) is 11.5 Å². The zero-order valence-corrected chi connectivity index (χ0v) is 18.8. The predicted octanol–water partition coefficient (Wildman–Crippen LogP) is 4.55. The summed E-state index contributed by atoms with van der Waals surface area (Å²) in [7, 11) is 1.75. The van der Waals surface area contributed by atoms with Crippen molar-refractivity contribution in [1.82, 2.24) is 19.9 Å². The summed E-state index contributed by atoms with van der Waals surface area (Å²) in [6.07, 6.45) is -3.02. The number of aryl methyl sites for hydroxylation is 2. The fourth-order valence-electron chi connectivity index (χ4n) is 3.48. The molecule has 0 unspecified atom stereocenters. The Bertz CT molecular complexity index is 1380. The number of benzene rings is 2. The highest BCUT2D eigenvalue weighted by molar-refractivity contribution is 5.92. The third-order valence-corrected chi connectivity index (χ3v) is 5.25. The minimum atomic E-state index is -4.45. The number of fused-ring (bicyclic) bond motifs is 1. The first kappa shape index (κ1) is 24.0. The third-order valence-electron chi connectivity index (χ3n) is 5.25. The van der Waals surface area contributed by atoms with Crippen LogP contribution in [0.15, 0.2) is 54.7 Å². The van der Waals surface area contributed by atoms with E-state index < -0.39 is 17.6 Å². The molecule has 4 aromatic rings. The van der Waals surface area contributed by atoms with Crippen molar-refractivity contribution < 1.29 is 27.8 Å². The van der Waals surface area contributed by atoms with E-state index in [4.69, 9.17) is 9.84 Å². The van der Waals surface area contributed by atoms with Gasteiger partial charge >= 0.3 is 6.18 Å². The molecule has 0 saturated heterocycles. The van der Waals surface area contributed by atoms with Gasteiger partial charge in [-0.15, -0.1) is 0 Å². The molecule has 0 saturated carbocycles. The van der Waals surface area contributed by atoms with Crippen molar-refractivity contribution in [2.45, 2.75) is 13.1 Å². The van der Waals surface area contributed by atoms with Gasteiger partial charge in [0.15, 0.2) is 0 Å². The lowest BCUT2D eigenvalue weighted by molar-refractivity contribution is -0.138. The summed E-state index contributed by atoms with van der Waals surface area (Å²) in [4.78, 5) is 20.5. The number of nitrogens with one attached hydrogen (secondary N) is 2. The Morgan fingerprint density at radius 2 is 1.89 bits per heavy atom. The first-order valence-electron chi connectivity index (χ1n) is 10.6. The van der Waals surface area contributed by atoms with E-state index in [9.17, 15) is 18.0 Å². The Morgan fingerprint density at radius 1 is 1.11 bits per heavy atom. The quantitative estimate of drug-likeness (QED) is 0.355. The normalized spacial score (nSPS) is 11.5. The Hall–Kier alpha value is -4.12. The molecule has 4 rings (SSSR count). The molecule has 0 spiro atoms. The number of halogens is 3. The molecular formula is C24H22F3N5O3. The second kappa shape index (κ2) is 9.63. The van der Waals surface area contributed by atoms with Crippen LogP contribution in [0.25, 0.3) is 11.0 Å². The summed E-state index contributed by atoms with van der Waals surface area (Å²) in [5, 5.41) is 14.3. The summed E-state index contributed by atoms with van der Waals surface area (Å²) < 4.78 is 47.4. The molecule has 35 heavy (non-hydrogen) atoms. The van der Waals surface area contributed by atoms with Gasteiger partial charge in [0.2, 0.25) is 5.95 Å². The van der Waals surface area contributed by atoms with Crippen molar-refractivity contribution in [3.8, 4) is 11.5 Å². The van der Waals surface area contributed by atoms with Crippen molar-refractivity contribution in [2.75, 3.05) is 18.5 Å². The van der Waals surface area contributed by atoms with Crippen LogP contribution in [0.1, 0.15) is 21.6 Å². The number of pyridine rings is 1. The number of imidazole rings is 1. The maximum absolute atomic E-state index is 13.3. The first-order chi connectivity index (χ1) is 16.7. The second-order valence-corrected chi connectivity index (χ2v) is 7.76. The summed E-state index contributed by atoms with van der Waals surface area (Å²) in [6.45, 7) is 1.34. The number of ether oxygens (including phenoxy) is 1. The highest BCUT2D eigenvalue weighted by Gasteiger charge is 2.32. The number of hydrogen-bond acceptors (Lipinski definition) is 6. The number of alkyl halides is 3. The summed E-state index contributed by atoms with van der Waals surface area (Å²) in [5.74, 6) is 0.748. The molecule has 0 bridgehead atoms. The number of anilines is 2. The zero-order valence-electron chi connectivity index (χ0n) is 18.8. The second-order valence-electron chi connectivity index (χ2n) is 7.76. The molecule has 2 heterocycles. The molecule has 0 aliphatic carbocycles. The van der Waals surface area contributed by atoms with Gasteiger partial charge in [0.1, 0.15) is 17.2 Å². The fraction of sp³-hybridized carbons (Fsp3) is 0.208. The monoisotopic (exact) mass is 485 g/mol. The summed E-state index contributed by atoms with van der Waals surface area (Å²) >= 11 is 0. The van der Waals surface area contributed by atoms with Crippen LogP contribution < -0.4 is 15.4 Å². The predicted molar refractivity (Wildman–Crippen MR) is 124 cm³/mol. The van der Waals surface area contributed by atoms with Crippen molar-refractivity contribution in [2.24, 2.45) is 7.05 Å². The number of aliphatic hydroxyl groups excluding tert-OH is 1. The van der Waals surface area contributed by atoms with E-state index >= 15 is 0 Å². The van der Waals surface area contributed by atoms with Crippen LogP contribution in [-0.4, -0.2) is 38.7 Å². The largest absolute Gasteiger partial charge is 0.457 e. The molecular weight excluding hydrogens is 463 g/mol. The molecule has 11 heteroatoms. The van der Waals surface area contributed by atoms with E-state index in [1.165, 1.54) is 25.3 Å². The zero-order chi connectivity index (χ0) is 25.2. The highest BCUT2D eigenvalue weighted by Crippen LogP contribution is 2.34. The fourth-order valence-corrected chi connectivity index (χ4v) is 3.48. The van der Waals surface area contributed by atoms with Gasteiger partial charge in [-0.25, -0.2) is 4.98 Å². The molecule has 2 aromatic carbocycles. The Labute approximate surface area is 198 Å². The van der Waals surface area contributed by atoms with E-state index in [1.807, 2.05) is 0 Å². The van der Waals surface area contributed by atoms with Gasteiger partial charge in [-0.3, -0.25) is 9.78 Å². The molecule has 3 N–H and O–H groups in total. The highest BCUT2D eigenvalue weighted by atomic mass is 19.4. The molecule has 0 atom stereocenters. The van der Waals surface area contributed by atoms with Crippen molar-refractivity contribution in [3.05, 3.63) is 71.5 Å². The van der Waals surface area contributed by atoms with Crippen molar-refractivity contribution in [3.63, 3.8) is 0 Å². The topological polar surface area (TPSA) is 101 Å². The first-order valence-corrected chi connectivity index (χ1v) is 10.6. The summed E-state index contributed by atoms with van der Waals surface area (Å²) in [5.41, 5.74) is 1.13. The number of amides is 1. The average molecular weight is 485 g/mol. The Kier molecular flexibility index (Phi) is 6.61. The van der Waals surface area contributed by atoms with Crippen molar-refractivity contribution >= 4 is 28.6 Å². The smallest absolute Gasteiger partial charge is 0.416 e. The van der Waals surface area contributed by atoms with Gasteiger partial charge in [0.25, 0.3) is 5.91 Å². The minimum Gasteiger partial charge on any atom is -0.457 e. The maximum Gasteiger partial charge on any atom is 0.416 e. The van der Waals surface area contributed by atoms with Gasteiger partial charge in [0, 0.05) is 37.6 Å². The molecule has 1 amide bonds. The van der Waals surface area contributed by atoms with Gasteiger partial charge in [-0.05, 0) is 42.8 Å². The van der Waals surface area contributed by atoms with E-state index in [0.29, 0.717) is 23.0 Å². The number of aliphatic hydroxyl groups is 1. The van der Waals surface area contributed by atoms with Gasteiger partial charge in [0.05, 0.1) is 23.2 Å². The number of carbonyl (C=O) groups is 1. The lowest BCUT2D eigenvalue weighted by Gasteiger charge is -2.13. The van der Waals surface area contributed by atoms with Crippen LogP contribution in [0.4, 0.5) is 24.8 Å². The van der Waals surface area contributed by atoms with Crippen LogP contribution in [-0.2, 0) is 13.2 Å². The van der Waals surface area contributed by atoms with Gasteiger partial charge in [-0.2, -0.15) is 13.2 Å². The van der Waals surface area contributed by atoms with Crippen LogP contribution in [0.2, 0.25) is 0 Å². The number of nitrogens with zero attached hydrogens (tertiary/aromatic N) is 3. The Balaban J connectivity index is 1.56. The Morgan fingerprint density at radius 3 is 2.63 bits per heavy atom. The van der Waals surface area contributed by atoms with Crippen LogP contribution >= 0.6 is 0 Å². The number of rotatable bonds is 7. The van der Waals surface area contributed by atoms with Gasteiger partial charge in [-0.1, -0.05) is 6.07 Å². The van der Waals surface area contributed by atoms with Crippen LogP contribution in [0.3, 0.4) is 0 Å². The van der Waals surface area contributed by atoms with Crippen LogP contribution in [0, 0.1) is 6.92 Å². The molecule has 182 valence electrons. The molecule has 0 aliphatic heterocycles. The van der Waals surface area contributed by atoms with E-state index in [0.717, 1.165) is 11.6 Å². The van der Waals surface area contributed by atoms with Gasteiger partial charge < -0.3 is 25.0 Å². The summed E-state index contributed by atoms with van der Waals surface area (Å²) in [6, 6.07) is 12.3. The van der Waals surface area contributed by atoms with E-state index in [-0.39, 0.29) is 30.1 Å². The third kappa shape index (κ3) is 5.35. The molecule has 0 radical (unpaired) electrons. The standard InChI is InChI=1S/C24H22F3N5O3/c1-14-3-4-15(11-18(14)24(25,26)27)30-23-31-19-12-16(5-6-21(19)32(23)2)35-17-7-8-28-20(13-17)22(34)29-9-10-33/h3-8,11-13,33H,9-10H2,1-2H3,(H,29,34)(H,30,31). The number of carbonyl (C=O) groups excluding carboxylic acids is 1. The number of aromatic nitrogens is 3. The molecule has 8 nitrogen and oxygen atoms in total. The van der Waals surface area contributed by atoms with E-state index in [1.54, 1.807) is 41.9 Å². The lowest BCUT2D eigenvalue weighted by Crippen LogP contribution is -2.27. The minimum absolute atomic E-state index is 0.110. The average Bonchev–Trinajstić information content (AvgIpc) is 3.12. The maximum atomic E-state index is 13.3. The molecule has 0 fully saturated rings. The number of hydrogen-bond donors (Lipinski definition) is 3. The van der Waals surface area contributed by atoms with Crippen molar-refractivity contribution in [1.29, 1.82) is 0 Å². The molecule has 0 aliphatic rings. The van der Waals surface area contributed by atoms with E-state index in [2.05, 4.69) is 20.6 Å². The lowest BCUT2D eigenvalue weighted by atomic mass is 10.1.